The first-order valence-corrected chi connectivity index (χ1v) is 4.40. The Balaban J connectivity index is 0.000000980. The standard InChI is InChI=1S/C13H11.BrH.Mg/c1-2-5-11-8-9-12-6-3-4-7-13(12)10-11;;/h2,4,6-10H,1,5H2;1H;/q-1;;+2/p-1. The number of benzene rings is 2. The van der Waals surface area contributed by atoms with Crippen molar-refractivity contribution in [2.45, 2.75) is 6.42 Å². The van der Waals surface area contributed by atoms with Gasteiger partial charge in [0.25, 0.3) is 0 Å². The third kappa shape index (κ3) is 3.63. The summed E-state index contributed by atoms with van der Waals surface area (Å²) in [6.07, 6.45) is 2.87. The van der Waals surface area contributed by atoms with E-state index in [1.165, 1.54) is 16.3 Å². The van der Waals surface area contributed by atoms with Crippen LogP contribution in [0.2, 0.25) is 0 Å². The van der Waals surface area contributed by atoms with Gasteiger partial charge < -0.3 is 17.0 Å². The van der Waals surface area contributed by atoms with Gasteiger partial charge in [-0.1, -0.05) is 18.2 Å². The van der Waals surface area contributed by atoms with E-state index < -0.39 is 0 Å². The van der Waals surface area contributed by atoms with E-state index in [2.05, 4.69) is 36.9 Å². The van der Waals surface area contributed by atoms with Gasteiger partial charge in [0.15, 0.2) is 0 Å². The molecule has 0 aliphatic carbocycles. The summed E-state index contributed by atoms with van der Waals surface area (Å²) in [6.45, 7) is 3.73. The fourth-order valence-corrected chi connectivity index (χ4v) is 1.47. The molecule has 15 heavy (non-hydrogen) atoms. The van der Waals surface area contributed by atoms with Crippen molar-refractivity contribution in [3.05, 3.63) is 60.7 Å². The van der Waals surface area contributed by atoms with Gasteiger partial charge in [-0.2, -0.15) is 24.3 Å². The van der Waals surface area contributed by atoms with Gasteiger partial charge in [-0.3, -0.25) is 0 Å². The predicted molar refractivity (Wildman–Crippen MR) is 62.4 cm³/mol. The van der Waals surface area contributed by atoms with Gasteiger partial charge in [0.2, 0.25) is 0 Å². The summed E-state index contributed by atoms with van der Waals surface area (Å²) in [5, 5.41) is 2.52. The van der Waals surface area contributed by atoms with Crippen LogP contribution in [0.4, 0.5) is 0 Å². The van der Waals surface area contributed by atoms with Gasteiger partial charge in [-0.15, -0.1) is 23.4 Å². The molecule has 2 aromatic rings. The van der Waals surface area contributed by atoms with Crippen molar-refractivity contribution in [3.63, 3.8) is 0 Å². The number of hydrogen-bond donors (Lipinski definition) is 0. The van der Waals surface area contributed by atoms with Crippen molar-refractivity contribution in [1.29, 1.82) is 0 Å². The summed E-state index contributed by atoms with van der Waals surface area (Å²) in [5.74, 6) is 0. The molecule has 0 heterocycles. The molecular formula is C13H11BrMg. The van der Waals surface area contributed by atoms with Crippen molar-refractivity contribution in [2.24, 2.45) is 0 Å². The van der Waals surface area contributed by atoms with Crippen LogP contribution in [0, 0.1) is 6.07 Å². The van der Waals surface area contributed by atoms with E-state index in [0.717, 1.165) is 6.42 Å². The third-order valence-corrected chi connectivity index (χ3v) is 2.13. The SMILES string of the molecule is C=CCc1ccc2c[c-]ccc2c1.[Br-].[Mg+2]. The Kier molecular flexibility index (Phi) is 6.89. The molecule has 0 saturated carbocycles. The van der Waals surface area contributed by atoms with Gasteiger partial charge in [0.05, 0.1) is 0 Å². The maximum atomic E-state index is 3.73. The Morgan fingerprint density at radius 1 is 1.20 bits per heavy atom. The fraction of sp³-hybridized carbons (Fsp3) is 0.0769. The number of fused-ring (bicyclic) bond motifs is 1. The van der Waals surface area contributed by atoms with Crippen molar-refractivity contribution in [2.75, 3.05) is 0 Å². The Morgan fingerprint density at radius 3 is 2.73 bits per heavy atom. The molecule has 0 amide bonds. The molecule has 72 valence electrons. The van der Waals surface area contributed by atoms with Gasteiger partial charge in [-0.25, -0.2) is 0 Å². The zero-order valence-corrected chi connectivity index (χ0v) is 11.5. The zero-order valence-electron chi connectivity index (χ0n) is 8.54. The molecule has 0 fully saturated rings. The minimum Gasteiger partial charge on any atom is -1.00 e. The smallest absolute Gasteiger partial charge is 1.00 e. The van der Waals surface area contributed by atoms with Crippen molar-refractivity contribution in [1.82, 2.24) is 0 Å². The van der Waals surface area contributed by atoms with E-state index in [1.54, 1.807) is 0 Å². The molecule has 0 unspecified atom stereocenters. The monoisotopic (exact) mass is 270 g/mol. The molecule has 0 aromatic heterocycles. The van der Waals surface area contributed by atoms with Crippen LogP contribution in [-0.2, 0) is 6.42 Å². The zero-order chi connectivity index (χ0) is 9.10. The number of rotatable bonds is 2. The van der Waals surface area contributed by atoms with Crippen LogP contribution in [0.1, 0.15) is 5.56 Å². The summed E-state index contributed by atoms with van der Waals surface area (Å²) in [7, 11) is 0. The topological polar surface area (TPSA) is 0 Å². The van der Waals surface area contributed by atoms with E-state index in [4.69, 9.17) is 0 Å². The Morgan fingerprint density at radius 2 is 2.00 bits per heavy atom. The Hall–Kier alpha value is -0.314. The second kappa shape index (κ2) is 7.04. The van der Waals surface area contributed by atoms with Crippen LogP contribution in [0.5, 0.6) is 0 Å². The van der Waals surface area contributed by atoms with Crippen LogP contribution in [0.15, 0.2) is 49.1 Å². The maximum Gasteiger partial charge on any atom is 2.00 e. The van der Waals surface area contributed by atoms with E-state index in [9.17, 15) is 0 Å². The molecule has 0 atom stereocenters. The van der Waals surface area contributed by atoms with Gasteiger partial charge in [-0.05, 0) is 12.0 Å². The molecule has 0 N–H and O–H groups in total. The van der Waals surface area contributed by atoms with Gasteiger partial charge >= 0.3 is 23.1 Å². The largest absolute Gasteiger partial charge is 2.00 e. The van der Waals surface area contributed by atoms with E-state index in [0.29, 0.717) is 0 Å². The van der Waals surface area contributed by atoms with Gasteiger partial charge in [0, 0.05) is 0 Å². The molecule has 0 aliphatic rings. The minimum atomic E-state index is 0. The van der Waals surface area contributed by atoms with Crippen LogP contribution < -0.4 is 17.0 Å². The Labute approximate surface area is 117 Å². The maximum absolute atomic E-state index is 3.73. The van der Waals surface area contributed by atoms with Crippen molar-refractivity contribution < 1.29 is 17.0 Å². The Bertz CT molecular complexity index is 437. The van der Waals surface area contributed by atoms with Crippen LogP contribution in [0.25, 0.3) is 10.8 Å². The second-order valence-corrected chi connectivity index (χ2v) is 3.10. The molecular weight excluding hydrogens is 260 g/mol. The van der Waals surface area contributed by atoms with E-state index >= 15 is 0 Å². The molecule has 2 aromatic carbocycles. The molecule has 0 spiro atoms. The van der Waals surface area contributed by atoms with Crippen LogP contribution in [-0.4, -0.2) is 23.1 Å². The average Bonchev–Trinajstić information content (AvgIpc) is 2.18. The molecule has 0 saturated heterocycles. The summed E-state index contributed by atoms with van der Waals surface area (Å²) in [5.41, 5.74) is 1.31. The first-order chi connectivity index (χ1) is 6.40. The average molecular weight is 271 g/mol. The molecule has 0 bridgehead atoms. The first-order valence-electron chi connectivity index (χ1n) is 4.40. The van der Waals surface area contributed by atoms with Gasteiger partial charge in [0.1, 0.15) is 0 Å². The molecule has 2 rings (SSSR count). The predicted octanol–water partition coefficient (Wildman–Crippen LogP) is -0.00831. The fourth-order valence-electron chi connectivity index (χ4n) is 1.47. The summed E-state index contributed by atoms with van der Waals surface area (Å²) in [6, 6.07) is 15.6. The quantitative estimate of drug-likeness (QED) is 0.409. The van der Waals surface area contributed by atoms with Crippen molar-refractivity contribution in [3.8, 4) is 0 Å². The molecule has 0 nitrogen and oxygen atoms in total. The molecule has 0 aliphatic heterocycles. The molecule has 0 radical (unpaired) electrons. The number of halogens is 1. The summed E-state index contributed by atoms with van der Waals surface area (Å²) < 4.78 is 0. The normalized spacial score (nSPS) is 8.80. The summed E-state index contributed by atoms with van der Waals surface area (Å²) >= 11 is 0. The molecule has 2 heteroatoms. The minimum absolute atomic E-state index is 0. The van der Waals surface area contributed by atoms with E-state index in [1.807, 2.05) is 18.2 Å². The number of hydrogen-bond acceptors (Lipinski definition) is 0. The van der Waals surface area contributed by atoms with E-state index in [-0.39, 0.29) is 40.0 Å². The number of allylic oxidation sites excluding steroid dienone is 1. The van der Waals surface area contributed by atoms with Crippen LogP contribution >= 0.6 is 0 Å². The van der Waals surface area contributed by atoms with Crippen molar-refractivity contribution >= 4 is 33.8 Å². The first kappa shape index (κ1) is 14.7. The third-order valence-electron chi connectivity index (χ3n) is 2.13. The second-order valence-electron chi connectivity index (χ2n) is 3.10. The summed E-state index contributed by atoms with van der Waals surface area (Å²) in [4.78, 5) is 0. The van der Waals surface area contributed by atoms with Crippen LogP contribution in [0.3, 0.4) is 0 Å².